The van der Waals surface area contributed by atoms with Crippen molar-refractivity contribution in [2.45, 2.75) is 13.8 Å². The lowest BCUT2D eigenvalue weighted by molar-refractivity contribution is -0.104. The van der Waals surface area contributed by atoms with Gasteiger partial charge in [-0.3, -0.25) is 4.79 Å². The highest BCUT2D eigenvalue weighted by molar-refractivity contribution is 5.70. The quantitative estimate of drug-likeness (QED) is 0.529. The van der Waals surface area contributed by atoms with Gasteiger partial charge in [-0.15, -0.1) is 0 Å². The summed E-state index contributed by atoms with van der Waals surface area (Å²) in [4.78, 5) is 9.41. The molecule has 70 valence electrons. The number of rotatable bonds is 1. The van der Waals surface area contributed by atoms with Crippen molar-refractivity contribution in [1.29, 1.82) is 0 Å². The molecule has 0 aliphatic heterocycles. The van der Waals surface area contributed by atoms with E-state index in [-0.39, 0.29) is 0 Å². The Morgan fingerprint density at radius 2 is 2.08 bits per heavy atom. The maximum absolute atomic E-state index is 9.41. The molecule has 0 unspecified atom stereocenters. The molecule has 0 spiro atoms. The van der Waals surface area contributed by atoms with E-state index in [0.29, 0.717) is 11.3 Å². The van der Waals surface area contributed by atoms with Crippen molar-refractivity contribution < 1.29 is 9.90 Å². The Labute approximate surface area is 78.5 Å². The normalized spacial score (nSPS) is 8.15. The van der Waals surface area contributed by atoms with Crippen molar-refractivity contribution in [2.75, 3.05) is 0 Å². The van der Waals surface area contributed by atoms with Gasteiger partial charge in [0.05, 0.1) is 0 Å². The second kappa shape index (κ2) is 6.00. The number of aryl methyl sites for hydroxylation is 1. The van der Waals surface area contributed by atoms with E-state index < -0.39 is 0 Å². The smallest absolute Gasteiger partial charge is 0.145 e. The summed E-state index contributed by atoms with van der Waals surface area (Å²) in [7, 11) is 0. The predicted molar refractivity (Wildman–Crippen MR) is 53.7 cm³/mol. The molecule has 0 aliphatic carbocycles. The number of phenolic OH excluding ortho intramolecular Hbond substituents is 1. The Morgan fingerprint density at radius 3 is 2.31 bits per heavy atom. The molecule has 0 radical (unpaired) electrons. The first-order chi connectivity index (χ1) is 6.06. The molecule has 0 saturated heterocycles. The lowest BCUT2D eigenvalue weighted by atomic mass is 10.2. The summed E-state index contributed by atoms with van der Waals surface area (Å²) >= 11 is 0. The molecular weight excluding hydrogens is 164 g/mol. The van der Waals surface area contributed by atoms with Crippen molar-refractivity contribution in [1.82, 2.24) is 0 Å². The molecule has 0 aromatic heterocycles. The minimum absolute atomic E-state index is 0.338. The summed E-state index contributed by atoms with van der Waals surface area (Å²) in [6.45, 7) is 6.91. The van der Waals surface area contributed by atoms with E-state index in [1.165, 1.54) is 0 Å². The van der Waals surface area contributed by atoms with Crippen LogP contribution in [0.3, 0.4) is 0 Å². The van der Waals surface area contributed by atoms with Crippen molar-refractivity contribution in [2.24, 2.45) is 0 Å². The molecule has 13 heavy (non-hydrogen) atoms. The molecule has 1 aromatic carbocycles. The van der Waals surface area contributed by atoms with E-state index in [0.717, 1.165) is 11.8 Å². The summed E-state index contributed by atoms with van der Waals surface area (Å²) in [5.74, 6) is 0.338. The zero-order valence-corrected chi connectivity index (χ0v) is 7.95. The van der Waals surface area contributed by atoms with Gasteiger partial charge >= 0.3 is 0 Å². The summed E-state index contributed by atoms with van der Waals surface area (Å²) < 4.78 is 0. The molecule has 0 bridgehead atoms. The third-order valence-corrected chi connectivity index (χ3v) is 1.20. The average molecular weight is 178 g/mol. The molecule has 0 fully saturated rings. The van der Waals surface area contributed by atoms with Gasteiger partial charge in [0.1, 0.15) is 12.0 Å². The Hall–Kier alpha value is -1.57. The Balaban J connectivity index is 0.000000252. The molecule has 1 aromatic rings. The SMILES string of the molecule is C=C(C)C=O.Cc1cccc(O)c1. The fourth-order valence-corrected chi connectivity index (χ4v) is 0.628. The maximum atomic E-state index is 9.41. The van der Waals surface area contributed by atoms with Gasteiger partial charge in [-0.2, -0.15) is 0 Å². The first-order valence-corrected chi connectivity index (χ1v) is 3.92. The first-order valence-electron chi connectivity index (χ1n) is 3.92. The summed E-state index contributed by atoms with van der Waals surface area (Å²) in [5, 5.41) is 8.81. The Morgan fingerprint density at radius 1 is 1.54 bits per heavy atom. The lowest BCUT2D eigenvalue weighted by Gasteiger charge is -1.89. The zero-order valence-electron chi connectivity index (χ0n) is 7.95. The Kier molecular flexibility index (Phi) is 5.28. The van der Waals surface area contributed by atoms with Crippen LogP contribution in [0.25, 0.3) is 0 Å². The van der Waals surface area contributed by atoms with Gasteiger partial charge in [0.15, 0.2) is 0 Å². The number of benzene rings is 1. The largest absolute Gasteiger partial charge is 0.508 e. The molecule has 0 aliphatic rings. The van der Waals surface area contributed by atoms with Crippen molar-refractivity contribution >= 4 is 6.29 Å². The average Bonchev–Trinajstić information content (AvgIpc) is 2.05. The van der Waals surface area contributed by atoms with Crippen LogP contribution < -0.4 is 0 Å². The standard InChI is InChI=1S/C7H8O.C4H6O/c1-6-3-2-4-7(8)5-6;1-4(2)3-5/h2-5,8H,1H3;3H,1H2,2H3. The zero-order chi connectivity index (χ0) is 10.3. The van der Waals surface area contributed by atoms with Crippen LogP contribution in [0.5, 0.6) is 5.75 Å². The third-order valence-electron chi connectivity index (χ3n) is 1.20. The van der Waals surface area contributed by atoms with Gasteiger partial charge < -0.3 is 5.11 Å². The molecule has 1 N–H and O–H groups in total. The van der Waals surface area contributed by atoms with Crippen LogP contribution in [0.1, 0.15) is 12.5 Å². The van der Waals surface area contributed by atoms with E-state index in [9.17, 15) is 4.79 Å². The minimum Gasteiger partial charge on any atom is -0.508 e. The number of hydrogen-bond acceptors (Lipinski definition) is 2. The first kappa shape index (κ1) is 11.4. The number of aldehydes is 1. The summed E-state index contributed by atoms with van der Waals surface area (Å²) in [5.41, 5.74) is 1.66. The second-order valence-corrected chi connectivity index (χ2v) is 2.80. The maximum Gasteiger partial charge on any atom is 0.145 e. The van der Waals surface area contributed by atoms with E-state index in [1.807, 2.05) is 19.1 Å². The lowest BCUT2D eigenvalue weighted by Crippen LogP contribution is -1.66. The van der Waals surface area contributed by atoms with Crippen LogP contribution in [-0.2, 0) is 4.79 Å². The molecule has 0 heterocycles. The third kappa shape index (κ3) is 6.81. The topological polar surface area (TPSA) is 37.3 Å². The number of carbonyl (C=O) groups excluding carboxylic acids is 1. The summed E-state index contributed by atoms with van der Waals surface area (Å²) in [6.07, 6.45) is 0.722. The van der Waals surface area contributed by atoms with Crippen LogP contribution in [0, 0.1) is 6.92 Å². The second-order valence-electron chi connectivity index (χ2n) is 2.80. The van der Waals surface area contributed by atoms with Crippen LogP contribution in [0.4, 0.5) is 0 Å². The number of aromatic hydroxyl groups is 1. The fraction of sp³-hybridized carbons (Fsp3) is 0.182. The van der Waals surface area contributed by atoms with E-state index in [2.05, 4.69) is 6.58 Å². The highest BCUT2D eigenvalue weighted by Gasteiger charge is 1.83. The molecule has 2 heteroatoms. The molecule has 2 nitrogen and oxygen atoms in total. The number of allylic oxidation sites excluding steroid dienone is 1. The molecular formula is C11H14O2. The number of phenols is 1. The van der Waals surface area contributed by atoms with Crippen LogP contribution in [0.2, 0.25) is 0 Å². The van der Waals surface area contributed by atoms with Gasteiger partial charge in [-0.05, 0) is 37.1 Å². The van der Waals surface area contributed by atoms with Crippen molar-refractivity contribution in [3.63, 3.8) is 0 Å². The van der Waals surface area contributed by atoms with Gasteiger partial charge in [-0.1, -0.05) is 18.7 Å². The molecule has 0 saturated carbocycles. The molecule has 0 atom stereocenters. The predicted octanol–water partition coefficient (Wildman–Crippen LogP) is 2.46. The van der Waals surface area contributed by atoms with Gasteiger partial charge in [0.2, 0.25) is 0 Å². The van der Waals surface area contributed by atoms with Crippen LogP contribution in [-0.4, -0.2) is 11.4 Å². The van der Waals surface area contributed by atoms with Gasteiger partial charge in [0, 0.05) is 0 Å². The summed E-state index contributed by atoms with van der Waals surface area (Å²) in [6, 6.07) is 7.15. The van der Waals surface area contributed by atoms with Gasteiger partial charge in [0.25, 0.3) is 0 Å². The van der Waals surface area contributed by atoms with E-state index >= 15 is 0 Å². The highest BCUT2D eigenvalue weighted by Crippen LogP contribution is 2.08. The van der Waals surface area contributed by atoms with E-state index in [4.69, 9.17) is 5.11 Å². The Bertz CT molecular complexity index is 273. The number of carbonyl (C=O) groups is 1. The highest BCUT2D eigenvalue weighted by atomic mass is 16.3. The monoisotopic (exact) mass is 178 g/mol. The fourth-order valence-electron chi connectivity index (χ4n) is 0.628. The van der Waals surface area contributed by atoms with Crippen molar-refractivity contribution in [3.05, 3.63) is 42.0 Å². The van der Waals surface area contributed by atoms with Crippen LogP contribution >= 0.6 is 0 Å². The van der Waals surface area contributed by atoms with Crippen molar-refractivity contribution in [3.8, 4) is 5.75 Å². The van der Waals surface area contributed by atoms with Crippen LogP contribution in [0.15, 0.2) is 36.4 Å². The number of hydrogen-bond donors (Lipinski definition) is 1. The molecule has 0 amide bonds. The molecule has 1 rings (SSSR count). The minimum atomic E-state index is 0.338. The van der Waals surface area contributed by atoms with Gasteiger partial charge in [-0.25, -0.2) is 0 Å². The van der Waals surface area contributed by atoms with E-state index in [1.54, 1.807) is 19.1 Å².